The van der Waals surface area contributed by atoms with E-state index in [4.69, 9.17) is 4.74 Å². The van der Waals surface area contributed by atoms with Gasteiger partial charge in [0.05, 0.1) is 19.3 Å². The van der Waals surface area contributed by atoms with Gasteiger partial charge in [0.1, 0.15) is 11.6 Å². The first-order valence-electron chi connectivity index (χ1n) is 8.02. The molecule has 1 atom stereocenters. The monoisotopic (exact) mass is 313 g/mol. The van der Waals surface area contributed by atoms with E-state index in [2.05, 4.69) is 39.0 Å². The van der Waals surface area contributed by atoms with Gasteiger partial charge in [0.2, 0.25) is 0 Å². The molecule has 3 heterocycles. The number of hydrogen-bond donors (Lipinski definition) is 1. The Bertz CT molecular complexity index is 619. The molecule has 6 nitrogen and oxygen atoms in total. The van der Waals surface area contributed by atoms with Crippen molar-refractivity contribution in [1.29, 1.82) is 0 Å². The molecule has 1 saturated heterocycles. The summed E-state index contributed by atoms with van der Waals surface area (Å²) in [4.78, 5) is 15.6. The van der Waals surface area contributed by atoms with Gasteiger partial charge in [0.15, 0.2) is 0 Å². The molecule has 0 aromatic carbocycles. The molecule has 2 aromatic heterocycles. The summed E-state index contributed by atoms with van der Waals surface area (Å²) in [7, 11) is 0. The summed E-state index contributed by atoms with van der Waals surface area (Å²) in [5.41, 5.74) is 1.24. The van der Waals surface area contributed by atoms with Crippen LogP contribution in [0.15, 0.2) is 36.8 Å². The van der Waals surface area contributed by atoms with Crippen LogP contribution in [0.3, 0.4) is 0 Å². The van der Waals surface area contributed by atoms with E-state index in [0.717, 1.165) is 31.3 Å². The number of ether oxygens (including phenoxy) is 1. The van der Waals surface area contributed by atoms with Crippen LogP contribution < -0.4 is 5.32 Å². The number of pyridine rings is 1. The zero-order valence-electron chi connectivity index (χ0n) is 13.6. The molecule has 2 aromatic rings. The van der Waals surface area contributed by atoms with E-state index in [1.54, 1.807) is 0 Å². The van der Waals surface area contributed by atoms with E-state index < -0.39 is 0 Å². The van der Waals surface area contributed by atoms with Crippen molar-refractivity contribution in [2.45, 2.75) is 32.5 Å². The smallest absolute Gasteiger partial charge is 0.150 e. The summed E-state index contributed by atoms with van der Waals surface area (Å²) in [6.07, 6.45) is 5.47. The lowest BCUT2D eigenvalue weighted by Crippen LogP contribution is -2.39. The highest BCUT2D eigenvalue weighted by Gasteiger charge is 2.27. The van der Waals surface area contributed by atoms with E-state index in [-0.39, 0.29) is 6.04 Å². The summed E-state index contributed by atoms with van der Waals surface area (Å²) in [5, 5.41) is 3.33. The number of aromatic nitrogens is 3. The van der Waals surface area contributed by atoms with Crippen LogP contribution >= 0.6 is 0 Å². The first-order chi connectivity index (χ1) is 11.2. The van der Waals surface area contributed by atoms with Gasteiger partial charge in [-0.3, -0.25) is 9.88 Å². The van der Waals surface area contributed by atoms with Gasteiger partial charge in [-0.1, -0.05) is 0 Å². The van der Waals surface area contributed by atoms with Gasteiger partial charge in [0.25, 0.3) is 0 Å². The highest BCUT2D eigenvalue weighted by molar-refractivity contribution is 5.34. The Balaban J connectivity index is 1.78. The second kappa shape index (κ2) is 7.48. The quantitative estimate of drug-likeness (QED) is 0.913. The summed E-state index contributed by atoms with van der Waals surface area (Å²) in [6.45, 7) is 7.28. The van der Waals surface area contributed by atoms with Crippen LogP contribution in [0.25, 0.3) is 0 Å². The van der Waals surface area contributed by atoms with Crippen LogP contribution in [-0.2, 0) is 11.3 Å². The number of rotatable bonds is 5. The molecule has 1 aliphatic rings. The Morgan fingerprint density at radius 3 is 2.87 bits per heavy atom. The normalized spacial score (nSPS) is 19.0. The Morgan fingerprint density at radius 1 is 1.26 bits per heavy atom. The third-order valence-corrected chi connectivity index (χ3v) is 3.78. The van der Waals surface area contributed by atoms with Gasteiger partial charge < -0.3 is 10.1 Å². The first-order valence-corrected chi connectivity index (χ1v) is 8.02. The maximum atomic E-state index is 5.67. The molecule has 0 radical (unpaired) electrons. The van der Waals surface area contributed by atoms with E-state index in [9.17, 15) is 0 Å². The van der Waals surface area contributed by atoms with Gasteiger partial charge >= 0.3 is 0 Å². The molecular formula is C17H23N5O. The number of nitrogens with zero attached hydrogens (tertiary/aromatic N) is 4. The summed E-state index contributed by atoms with van der Waals surface area (Å²) in [5.74, 6) is 1.67. The second-order valence-electron chi connectivity index (χ2n) is 6.02. The van der Waals surface area contributed by atoms with Crippen LogP contribution in [0.5, 0.6) is 0 Å². The largest absolute Gasteiger partial charge is 0.378 e. The molecule has 0 saturated carbocycles. The zero-order valence-corrected chi connectivity index (χ0v) is 13.6. The van der Waals surface area contributed by atoms with Crippen molar-refractivity contribution in [2.24, 2.45) is 0 Å². The van der Waals surface area contributed by atoms with Crippen molar-refractivity contribution >= 4 is 5.82 Å². The number of anilines is 1. The van der Waals surface area contributed by atoms with Gasteiger partial charge in [-0.2, -0.15) is 0 Å². The van der Waals surface area contributed by atoms with Crippen molar-refractivity contribution in [3.05, 3.63) is 48.2 Å². The molecule has 1 aliphatic heterocycles. The third kappa shape index (κ3) is 4.24. The zero-order chi connectivity index (χ0) is 16.1. The molecule has 1 fully saturated rings. The lowest BCUT2D eigenvalue weighted by Gasteiger charge is -2.34. The number of nitrogens with one attached hydrogen (secondary N) is 1. The summed E-state index contributed by atoms with van der Waals surface area (Å²) in [6, 6.07) is 6.41. The molecular weight excluding hydrogens is 290 g/mol. The maximum Gasteiger partial charge on any atom is 0.150 e. The highest BCUT2D eigenvalue weighted by atomic mass is 16.5. The molecule has 1 unspecified atom stereocenters. The molecule has 0 bridgehead atoms. The molecule has 3 rings (SSSR count). The fourth-order valence-corrected chi connectivity index (χ4v) is 2.70. The van der Waals surface area contributed by atoms with Gasteiger partial charge in [-0.25, -0.2) is 9.97 Å². The number of hydrogen-bond acceptors (Lipinski definition) is 6. The predicted molar refractivity (Wildman–Crippen MR) is 89.0 cm³/mol. The van der Waals surface area contributed by atoms with Crippen LogP contribution in [0.4, 0.5) is 5.82 Å². The van der Waals surface area contributed by atoms with Crippen molar-refractivity contribution in [3.8, 4) is 0 Å². The van der Waals surface area contributed by atoms with Crippen LogP contribution in [0, 0.1) is 0 Å². The van der Waals surface area contributed by atoms with Gasteiger partial charge in [-0.05, 0) is 37.6 Å². The van der Waals surface area contributed by atoms with Crippen molar-refractivity contribution in [1.82, 2.24) is 19.9 Å². The Labute approximate surface area is 136 Å². The van der Waals surface area contributed by atoms with Gasteiger partial charge in [-0.15, -0.1) is 0 Å². The minimum absolute atomic E-state index is 0.0748. The molecule has 122 valence electrons. The Morgan fingerprint density at radius 2 is 2.09 bits per heavy atom. The van der Waals surface area contributed by atoms with Gasteiger partial charge in [0, 0.05) is 37.7 Å². The van der Waals surface area contributed by atoms with Crippen molar-refractivity contribution in [2.75, 3.05) is 25.1 Å². The highest BCUT2D eigenvalue weighted by Crippen LogP contribution is 2.24. The SMILES string of the molecule is CC(C)Nc1ccnc(C2COCCN2Cc2ccncc2)n1. The Kier molecular flexibility index (Phi) is 5.15. The molecule has 0 amide bonds. The van der Waals surface area contributed by atoms with E-state index in [1.807, 2.05) is 36.8 Å². The second-order valence-corrected chi connectivity index (χ2v) is 6.02. The van der Waals surface area contributed by atoms with Crippen LogP contribution in [0.2, 0.25) is 0 Å². The minimum atomic E-state index is 0.0748. The van der Waals surface area contributed by atoms with E-state index in [0.29, 0.717) is 12.6 Å². The predicted octanol–water partition coefficient (Wildman–Crippen LogP) is 2.27. The van der Waals surface area contributed by atoms with Crippen LogP contribution in [0.1, 0.15) is 31.3 Å². The van der Waals surface area contributed by atoms with Crippen molar-refractivity contribution in [3.63, 3.8) is 0 Å². The molecule has 0 aliphatic carbocycles. The maximum absolute atomic E-state index is 5.67. The average Bonchev–Trinajstić information content (AvgIpc) is 2.56. The molecule has 1 N–H and O–H groups in total. The van der Waals surface area contributed by atoms with Crippen LogP contribution in [-0.4, -0.2) is 45.7 Å². The third-order valence-electron chi connectivity index (χ3n) is 3.78. The lowest BCUT2D eigenvalue weighted by molar-refractivity contribution is -0.0159. The fraction of sp³-hybridized carbons (Fsp3) is 0.471. The Hall–Kier alpha value is -2.05. The lowest BCUT2D eigenvalue weighted by atomic mass is 10.1. The average molecular weight is 313 g/mol. The standard InChI is InChI=1S/C17H23N5O/c1-13(2)20-16-5-8-19-17(21-16)15-12-23-10-9-22(15)11-14-3-6-18-7-4-14/h3-8,13,15H,9-12H2,1-2H3,(H,19,20,21). The summed E-state index contributed by atoms with van der Waals surface area (Å²) >= 11 is 0. The first kappa shape index (κ1) is 15.8. The number of morpholine rings is 1. The van der Waals surface area contributed by atoms with E-state index in [1.165, 1.54) is 5.56 Å². The molecule has 23 heavy (non-hydrogen) atoms. The minimum Gasteiger partial charge on any atom is -0.378 e. The molecule has 0 spiro atoms. The van der Waals surface area contributed by atoms with Crippen molar-refractivity contribution < 1.29 is 4.74 Å². The summed E-state index contributed by atoms with van der Waals surface area (Å²) < 4.78 is 5.67. The van der Waals surface area contributed by atoms with E-state index >= 15 is 0 Å². The molecule has 6 heteroatoms. The fourth-order valence-electron chi connectivity index (χ4n) is 2.70. The topological polar surface area (TPSA) is 63.2 Å².